The van der Waals surface area contributed by atoms with E-state index in [1.54, 1.807) is 0 Å². The second-order valence-corrected chi connectivity index (χ2v) is 5.16. The Morgan fingerprint density at radius 3 is 2.31 bits per heavy atom. The highest BCUT2D eigenvalue weighted by Gasteiger charge is 2.35. The maximum absolute atomic E-state index is 9.32. The molecule has 1 aliphatic rings. The molecule has 1 aromatic carbocycles. The molecule has 0 aromatic heterocycles. The Hall–Kier alpha value is -0.280. The van der Waals surface area contributed by atoms with Crippen molar-refractivity contribution in [3.8, 4) is 0 Å². The number of benzene rings is 1. The van der Waals surface area contributed by atoms with Crippen LogP contribution in [0.3, 0.4) is 0 Å². The van der Waals surface area contributed by atoms with Crippen LogP contribution in [0.5, 0.6) is 0 Å². The van der Waals surface area contributed by atoms with Crippen molar-refractivity contribution in [3.05, 3.63) is 33.8 Å². The summed E-state index contributed by atoms with van der Waals surface area (Å²) >= 11 is 12.2. The van der Waals surface area contributed by atoms with E-state index in [-0.39, 0.29) is 12.1 Å². The van der Waals surface area contributed by atoms with Crippen LogP contribution in [-0.4, -0.2) is 17.3 Å². The van der Waals surface area contributed by atoms with Gasteiger partial charge in [-0.05, 0) is 31.4 Å². The van der Waals surface area contributed by atoms with Crippen LogP contribution in [-0.2, 0) is 6.54 Å². The van der Waals surface area contributed by atoms with E-state index in [0.29, 0.717) is 16.6 Å². The molecule has 1 aliphatic carbocycles. The first-order chi connectivity index (χ1) is 7.67. The number of aliphatic hydroxyl groups excluding tert-OH is 1. The lowest BCUT2D eigenvalue weighted by atomic mass is 9.77. The number of hydrogen-bond acceptors (Lipinski definition) is 2. The van der Waals surface area contributed by atoms with Gasteiger partial charge in [0.15, 0.2) is 0 Å². The fourth-order valence-corrected chi connectivity index (χ4v) is 2.50. The van der Waals surface area contributed by atoms with Crippen LogP contribution in [0.2, 0.25) is 10.0 Å². The first-order valence-corrected chi connectivity index (χ1v) is 6.21. The molecule has 0 heterocycles. The molecule has 0 atom stereocenters. The van der Waals surface area contributed by atoms with Crippen molar-refractivity contribution in [2.24, 2.45) is 0 Å². The quantitative estimate of drug-likeness (QED) is 0.872. The van der Waals surface area contributed by atoms with E-state index in [2.05, 4.69) is 5.32 Å². The Bertz CT molecular complexity index is 352. The Morgan fingerprint density at radius 1 is 1.25 bits per heavy atom. The van der Waals surface area contributed by atoms with Crippen LogP contribution in [0.15, 0.2) is 18.2 Å². The minimum Gasteiger partial charge on any atom is -0.394 e. The molecule has 4 heteroatoms. The molecule has 1 aromatic rings. The van der Waals surface area contributed by atoms with Crippen molar-refractivity contribution >= 4 is 23.2 Å². The fraction of sp³-hybridized carbons (Fsp3) is 0.500. The monoisotopic (exact) mass is 259 g/mol. The van der Waals surface area contributed by atoms with Crippen LogP contribution in [0, 0.1) is 0 Å². The maximum atomic E-state index is 9.32. The van der Waals surface area contributed by atoms with Gasteiger partial charge in [0.1, 0.15) is 0 Å². The van der Waals surface area contributed by atoms with Crippen LogP contribution >= 0.6 is 23.2 Å². The maximum Gasteiger partial charge on any atom is 0.0613 e. The highest BCUT2D eigenvalue weighted by atomic mass is 35.5. The van der Waals surface area contributed by atoms with Gasteiger partial charge in [-0.2, -0.15) is 0 Å². The number of aliphatic hydroxyl groups is 1. The van der Waals surface area contributed by atoms with Crippen molar-refractivity contribution in [2.45, 2.75) is 31.3 Å². The summed E-state index contributed by atoms with van der Waals surface area (Å²) in [6.07, 6.45) is 3.21. The highest BCUT2D eigenvalue weighted by molar-refractivity contribution is 6.35. The molecule has 0 bridgehead atoms. The van der Waals surface area contributed by atoms with Crippen molar-refractivity contribution < 1.29 is 5.11 Å². The van der Waals surface area contributed by atoms with Gasteiger partial charge in [0.2, 0.25) is 0 Å². The zero-order valence-corrected chi connectivity index (χ0v) is 10.5. The van der Waals surface area contributed by atoms with Crippen molar-refractivity contribution in [3.63, 3.8) is 0 Å². The number of halogens is 2. The second-order valence-electron chi connectivity index (χ2n) is 4.35. The standard InChI is InChI=1S/C12H15Cl2NO/c13-10-3-1-4-11(14)9(10)7-15-12(8-16)5-2-6-12/h1,3-4,15-16H,2,5-8H2. The summed E-state index contributed by atoms with van der Waals surface area (Å²) in [5.74, 6) is 0. The molecule has 2 rings (SSSR count). The van der Waals surface area contributed by atoms with E-state index in [4.69, 9.17) is 23.2 Å². The lowest BCUT2D eigenvalue weighted by molar-refractivity contribution is 0.0872. The van der Waals surface area contributed by atoms with Gasteiger partial charge >= 0.3 is 0 Å². The molecule has 0 saturated heterocycles. The van der Waals surface area contributed by atoms with Gasteiger partial charge in [0, 0.05) is 27.7 Å². The second kappa shape index (κ2) is 4.92. The lowest BCUT2D eigenvalue weighted by Crippen LogP contribution is -2.53. The molecule has 0 spiro atoms. The van der Waals surface area contributed by atoms with Crippen LogP contribution in [0.1, 0.15) is 24.8 Å². The topological polar surface area (TPSA) is 32.3 Å². The van der Waals surface area contributed by atoms with Gasteiger partial charge in [0.05, 0.1) is 6.61 Å². The summed E-state index contributed by atoms with van der Waals surface area (Å²) in [5, 5.41) is 14.0. The third kappa shape index (κ3) is 2.35. The average molecular weight is 260 g/mol. The average Bonchev–Trinajstić information content (AvgIpc) is 2.20. The Morgan fingerprint density at radius 2 is 1.88 bits per heavy atom. The molecule has 2 N–H and O–H groups in total. The molecule has 0 aliphatic heterocycles. The van der Waals surface area contributed by atoms with E-state index in [1.807, 2.05) is 18.2 Å². The molecule has 0 radical (unpaired) electrons. The van der Waals surface area contributed by atoms with E-state index < -0.39 is 0 Å². The van der Waals surface area contributed by atoms with Gasteiger partial charge in [-0.3, -0.25) is 0 Å². The molecular formula is C12H15Cl2NO. The van der Waals surface area contributed by atoms with Crippen molar-refractivity contribution in [2.75, 3.05) is 6.61 Å². The number of rotatable bonds is 4. The smallest absolute Gasteiger partial charge is 0.0613 e. The van der Waals surface area contributed by atoms with Gasteiger partial charge in [0.25, 0.3) is 0 Å². The Labute approximate surface area is 106 Å². The van der Waals surface area contributed by atoms with E-state index in [9.17, 15) is 5.11 Å². The van der Waals surface area contributed by atoms with Crippen LogP contribution in [0.4, 0.5) is 0 Å². The zero-order valence-electron chi connectivity index (χ0n) is 8.97. The molecule has 88 valence electrons. The van der Waals surface area contributed by atoms with E-state index in [1.165, 1.54) is 6.42 Å². The predicted octanol–water partition coefficient (Wildman–Crippen LogP) is 3.00. The fourth-order valence-electron chi connectivity index (χ4n) is 1.97. The summed E-state index contributed by atoms with van der Waals surface area (Å²) in [4.78, 5) is 0. The first kappa shape index (κ1) is 12.2. The summed E-state index contributed by atoms with van der Waals surface area (Å²) in [6, 6.07) is 5.49. The third-order valence-corrected chi connectivity index (χ3v) is 4.02. The summed E-state index contributed by atoms with van der Waals surface area (Å²) in [7, 11) is 0. The minimum absolute atomic E-state index is 0.109. The Kier molecular flexibility index (Phi) is 3.75. The molecule has 0 unspecified atom stereocenters. The molecule has 1 fully saturated rings. The molecular weight excluding hydrogens is 245 g/mol. The molecule has 2 nitrogen and oxygen atoms in total. The SMILES string of the molecule is OCC1(NCc2c(Cl)cccc2Cl)CCC1. The van der Waals surface area contributed by atoms with Crippen LogP contribution in [0.25, 0.3) is 0 Å². The lowest BCUT2D eigenvalue weighted by Gasteiger charge is -2.41. The summed E-state index contributed by atoms with van der Waals surface area (Å²) < 4.78 is 0. The minimum atomic E-state index is -0.109. The largest absolute Gasteiger partial charge is 0.394 e. The summed E-state index contributed by atoms with van der Waals surface area (Å²) in [6.45, 7) is 0.786. The van der Waals surface area contributed by atoms with Gasteiger partial charge < -0.3 is 10.4 Å². The van der Waals surface area contributed by atoms with Gasteiger partial charge in [-0.1, -0.05) is 29.3 Å². The van der Waals surface area contributed by atoms with Crippen LogP contribution < -0.4 is 5.32 Å². The molecule has 0 amide bonds. The number of nitrogens with one attached hydrogen (secondary N) is 1. The van der Waals surface area contributed by atoms with E-state index in [0.717, 1.165) is 18.4 Å². The zero-order chi connectivity index (χ0) is 11.6. The first-order valence-electron chi connectivity index (χ1n) is 5.46. The number of hydrogen-bond donors (Lipinski definition) is 2. The van der Waals surface area contributed by atoms with Gasteiger partial charge in [-0.15, -0.1) is 0 Å². The summed E-state index contributed by atoms with van der Waals surface area (Å²) in [5.41, 5.74) is 0.799. The molecule has 1 saturated carbocycles. The normalized spacial score (nSPS) is 18.2. The third-order valence-electron chi connectivity index (χ3n) is 3.32. The predicted molar refractivity (Wildman–Crippen MR) is 67.0 cm³/mol. The highest BCUT2D eigenvalue weighted by Crippen LogP contribution is 2.32. The van der Waals surface area contributed by atoms with Crippen molar-refractivity contribution in [1.82, 2.24) is 5.32 Å². The van der Waals surface area contributed by atoms with Crippen molar-refractivity contribution in [1.29, 1.82) is 0 Å². The van der Waals surface area contributed by atoms with Gasteiger partial charge in [-0.25, -0.2) is 0 Å². The molecule has 16 heavy (non-hydrogen) atoms. The Balaban J connectivity index is 2.04. The van der Waals surface area contributed by atoms with E-state index >= 15 is 0 Å².